The molecule has 1 aliphatic carbocycles. The fourth-order valence-electron chi connectivity index (χ4n) is 2.79. The summed E-state index contributed by atoms with van der Waals surface area (Å²) in [6, 6.07) is 0.635. The minimum Gasteiger partial charge on any atom is -0.379 e. The standard InChI is InChI=1S/C12H22N2O2/c1-12(11(13)15)4-2-10(3-5-12)14-6-8-16-9-7-14/h10H,2-9H2,1H3,(H2,13,15). The Morgan fingerprint density at radius 2 is 1.88 bits per heavy atom. The van der Waals surface area contributed by atoms with Crippen molar-refractivity contribution in [2.45, 2.75) is 38.6 Å². The van der Waals surface area contributed by atoms with Gasteiger partial charge in [-0.3, -0.25) is 9.69 Å². The van der Waals surface area contributed by atoms with Gasteiger partial charge in [0.05, 0.1) is 13.2 Å². The van der Waals surface area contributed by atoms with Crippen molar-refractivity contribution in [2.24, 2.45) is 11.1 Å². The lowest BCUT2D eigenvalue weighted by Gasteiger charge is -2.41. The molecule has 0 radical (unpaired) electrons. The molecule has 1 saturated heterocycles. The van der Waals surface area contributed by atoms with Crippen LogP contribution in [0.15, 0.2) is 0 Å². The Bertz CT molecular complexity index is 254. The molecule has 4 nitrogen and oxygen atoms in total. The minimum absolute atomic E-state index is 0.132. The molecule has 0 unspecified atom stereocenters. The van der Waals surface area contributed by atoms with Gasteiger partial charge in [-0.25, -0.2) is 0 Å². The minimum atomic E-state index is -0.261. The number of nitrogens with two attached hydrogens (primary N) is 1. The number of hydrogen-bond donors (Lipinski definition) is 1. The average Bonchev–Trinajstić information content (AvgIpc) is 2.31. The smallest absolute Gasteiger partial charge is 0.223 e. The quantitative estimate of drug-likeness (QED) is 0.756. The summed E-state index contributed by atoms with van der Waals surface area (Å²) in [6.45, 7) is 5.79. The largest absolute Gasteiger partial charge is 0.379 e. The number of carbonyl (C=O) groups excluding carboxylic acids is 1. The lowest BCUT2D eigenvalue weighted by atomic mass is 9.73. The number of rotatable bonds is 2. The van der Waals surface area contributed by atoms with E-state index in [0.717, 1.165) is 52.0 Å². The van der Waals surface area contributed by atoms with E-state index in [4.69, 9.17) is 10.5 Å². The Hall–Kier alpha value is -0.610. The van der Waals surface area contributed by atoms with E-state index >= 15 is 0 Å². The van der Waals surface area contributed by atoms with Crippen molar-refractivity contribution >= 4 is 5.91 Å². The van der Waals surface area contributed by atoms with Gasteiger partial charge >= 0.3 is 0 Å². The Morgan fingerprint density at radius 1 is 1.31 bits per heavy atom. The summed E-state index contributed by atoms with van der Waals surface area (Å²) in [5.74, 6) is -0.132. The summed E-state index contributed by atoms with van der Waals surface area (Å²) in [6.07, 6.45) is 4.06. The summed E-state index contributed by atoms with van der Waals surface area (Å²) in [5, 5.41) is 0. The third-order valence-corrected chi connectivity index (χ3v) is 4.22. The maximum absolute atomic E-state index is 11.3. The first kappa shape index (κ1) is 11.9. The first-order chi connectivity index (χ1) is 7.62. The van der Waals surface area contributed by atoms with Crippen molar-refractivity contribution in [3.8, 4) is 0 Å². The number of primary amides is 1. The van der Waals surface area contributed by atoms with E-state index < -0.39 is 0 Å². The molecule has 2 N–H and O–H groups in total. The number of morpholine rings is 1. The molecule has 0 aromatic heterocycles. The van der Waals surface area contributed by atoms with Crippen LogP contribution in [-0.2, 0) is 9.53 Å². The summed E-state index contributed by atoms with van der Waals surface area (Å²) in [7, 11) is 0. The number of ether oxygens (including phenoxy) is 1. The second-order valence-corrected chi connectivity index (χ2v) is 5.30. The monoisotopic (exact) mass is 226 g/mol. The van der Waals surface area contributed by atoms with Crippen molar-refractivity contribution in [1.82, 2.24) is 4.90 Å². The summed E-state index contributed by atoms with van der Waals surface area (Å²) < 4.78 is 5.35. The van der Waals surface area contributed by atoms with Crippen LogP contribution < -0.4 is 5.73 Å². The van der Waals surface area contributed by atoms with Gasteiger partial charge in [-0.05, 0) is 25.7 Å². The Balaban J connectivity index is 1.87. The molecular weight excluding hydrogens is 204 g/mol. The molecule has 2 rings (SSSR count). The molecular formula is C12H22N2O2. The summed E-state index contributed by atoms with van der Waals surface area (Å²) >= 11 is 0. The fraction of sp³-hybridized carbons (Fsp3) is 0.917. The van der Waals surface area contributed by atoms with Gasteiger partial charge in [0.1, 0.15) is 0 Å². The first-order valence-corrected chi connectivity index (χ1v) is 6.23. The van der Waals surface area contributed by atoms with E-state index in [-0.39, 0.29) is 11.3 Å². The van der Waals surface area contributed by atoms with Gasteiger partial charge < -0.3 is 10.5 Å². The number of amides is 1. The molecule has 1 aliphatic heterocycles. The number of carbonyl (C=O) groups is 1. The Labute approximate surface area is 97.1 Å². The van der Waals surface area contributed by atoms with E-state index in [9.17, 15) is 4.79 Å². The maximum atomic E-state index is 11.3. The normalized spacial score (nSPS) is 37.2. The molecule has 0 atom stereocenters. The number of hydrogen-bond acceptors (Lipinski definition) is 3. The average molecular weight is 226 g/mol. The second kappa shape index (κ2) is 4.72. The van der Waals surface area contributed by atoms with E-state index in [1.165, 1.54) is 0 Å². The van der Waals surface area contributed by atoms with Crippen molar-refractivity contribution in [1.29, 1.82) is 0 Å². The van der Waals surface area contributed by atoms with Crippen LogP contribution >= 0.6 is 0 Å². The van der Waals surface area contributed by atoms with Gasteiger partial charge in [0, 0.05) is 24.5 Å². The second-order valence-electron chi connectivity index (χ2n) is 5.30. The van der Waals surface area contributed by atoms with Crippen LogP contribution in [0.3, 0.4) is 0 Å². The van der Waals surface area contributed by atoms with E-state index in [2.05, 4.69) is 4.90 Å². The molecule has 16 heavy (non-hydrogen) atoms. The predicted octanol–water partition coefficient (Wildman–Crippen LogP) is 0.753. The highest BCUT2D eigenvalue weighted by Gasteiger charge is 2.37. The van der Waals surface area contributed by atoms with Crippen LogP contribution in [-0.4, -0.2) is 43.2 Å². The van der Waals surface area contributed by atoms with Crippen LogP contribution in [0, 0.1) is 5.41 Å². The van der Waals surface area contributed by atoms with Gasteiger partial charge in [0.2, 0.25) is 5.91 Å². The molecule has 0 spiro atoms. The van der Waals surface area contributed by atoms with Crippen LogP contribution in [0.25, 0.3) is 0 Å². The number of nitrogens with zero attached hydrogens (tertiary/aromatic N) is 1. The van der Waals surface area contributed by atoms with Gasteiger partial charge in [-0.2, -0.15) is 0 Å². The summed E-state index contributed by atoms with van der Waals surface area (Å²) in [4.78, 5) is 13.9. The third kappa shape index (κ3) is 2.38. The fourth-order valence-corrected chi connectivity index (χ4v) is 2.79. The van der Waals surface area contributed by atoms with Crippen LogP contribution in [0.5, 0.6) is 0 Å². The molecule has 1 saturated carbocycles. The van der Waals surface area contributed by atoms with Gasteiger partial charge in [0.25, 0.3) is 0 Å². The van der Waals surface area contributed by atoms with Crippen molar-refractivity contribution in [2.75, 3.05) is 26.3 Å². The van der Waals surface area contributed by atoms with Gasteiger partial charge in [0.15, 0.2) is 0 Å². The predicted molar refractivity (Wildman–Crippen MR) is 61.9 cm³/mol. The molecule has 0 aromatic rings. The Morgan fingerprint density at radius 3 is 2.38 bits per heavy atom. The van der Waals surface area contributed by atoms with Crippen molar-refractivity contribution in [3.63, 3.8) is 0 Å². The van der Waals surface area contributed by atoms with E-state index in [1.54, 1.807) is 0 Å². The lowest BCUT2D eigenvalue weighted by molar-refractivity contribution is -0.129. The maximum Gasteiger partial charge on any atom is 0.223 e. The summed E-state index contributed by atoms with van der Waals surface area (Å²) in [5.41, 5.74) is 5.19. The zero-order valence-electron chi connectivity index (χ0n) is 10.1. The highest BCUT2D eigenvalue weighted by atomic mass is 16.5. The molecule has 2 fully saturated rings. The molecule has 92 valence electrons. The first-order valence-electron chi connectivity index (χ1n) is 6.23. The topological polar surface area (TPSA) is 55.6 Å². The van der Waals surface area contributed by atoms with Crippen LogP contribution in [0.1, 0.15) is 32.6 Å². The highest BCUT2D eigenvalue weighted by molar-refractivity contribution is 5.80. The molecule has 1 amide bonds. The zero-order valence-corrected chi connectivity index (χ0v) is 10.1. The van der Waals surface area contributed by atoms with Crippen LogP contribution in [0.2, 0.25) is 0 Å². The zero-order chi connectivity index (χ0) is 11.6. The Kier molecular flexibility index (Phi) is 3.50. The third-order valence-electron chi connectivity index (χ3n) is 4.22. The van der Waals surface area contributed by atoms with Crippen molar-refractivity contribution < 1.29 is 9.53 Å². The lowest BCUT2D eigenvalue weighted by Crippen LogP contribution is -2.48. The van der Waals surface area contributed by atoms with Crippen LogP contribution in [0.4, 0.5) is 0 Å². The van der Waals surface area contributed by atoms with Gasteiger partial charge in [-0.15, -0.1) is 0 Å². The van der Waals surface area contributed by atoms with Gasteiger partial charge in [-0.1, -0.05) is 6.92 Å². The molecule has 0 aromatic carbocycles. The molecule has 4 heteroatoms. The van der Waals surface area contributed by atoms with Crippen molar-refractivity contribution in [3.05, 3.63) is 0 Å². The van der Waals surface area contributed by atoms with E-state index in [1.807, 2.05) is 6.92 Å². The SMILES string of the molecule is CC1(C(N)=O)CCC(N2CCOCC2)CC1. The molecule has 0 bridgehead atoms. The highest BCUT2D eigenvalue weighted by Crippen LogP contribution is 2.37. The van der Waals surface area contributed by atoms with E-state index in [0.29, 0.717) is 6.04 Å². The molecule has 1 heterocycles. The molecule has 2 aliphatic rings.